The summed E-state index contributed by atoms with van der Waals surface area (Å²) in [4.78, 5) is 11.8. The summed E-state index contributed by atoms with van der Waals surface area (Å²) < 4.78 is 5.13. The van der Waals surface area contributed by atoms with Crippen LogP contribution in [0, 0.1) is 11.3 Å². The standard InChI is InChI=1S/C14H13Cl2NO2/c1-14(2,3)19-13(18)10(8-17)6-9-4-5-11(15)7-12(9)16/h4-7H,1-3H3/b10-6+. The zero-order valence-electron chi connectivity index (χ0n) is 10.8. The van der Waals surface area contributed by atoms with E-state index in [1.165, 1.54) is 6.08 Å². The second-order valence-corrected chi connectivity index (χ2v) is 5.68. The van der Waals surface area contributed by atoms with Gasteiger partial charge in [0, 0.05) is 10.0 Å². The lowest BCUT2D eigenvalue weighted by molar-refractivity contribution is -0.149. The van der Waals surface area contributed by atoms with Crippen LogP contribution < -0.4 is 0 Å². The molecule has 0 aliphatic heterocycles. The number of rotatable bonds is 2. The van der Waals surface area contributed by atoms with Crippen LogP contribution in [0.1, 0.15) is 26.3 Å². The predicted octanol–water partition coefficient (Wildman–Crippen LogP) is 4.24. The molecule has 0 N–H and O–H groups in total. The Kier molecular flexibility index (Phi) is 4.99. The Morgan fingerprint density at radius 2 is 2.00 bits per heavy atom. The summed E-state index contributed by atoms with van der Waals surface area (Å²) in [5, 5.41) is 9.86. The van der Waals surface area contributed by atoms with Crippen molar-refractivity contribution >= 4 is 35.2 Å². The maximum Gasteiger partial charge on any atom is 0.349 e. The van der Waals surface area contributed by atoms with E-state index in [1.54, 1.807) is 39.0 Å². The topological polar surface area (TPSA) is 50.1 Å². The minimum Gasteiger partial charge on any atom is -0.456 e. The van der Waals surface area contributed by atoms with E-state index in [9.17, 15) is 4.79 Å². The Bertz CT molecular complexity index is 566. The molecule has 100 valence electrons. The largest absolute Gasteiger partial charge is 0.456 e. The third-order valence-electron chi connectivity index (χ3n) is 2.00. The van der Waals surface area contributed by atoms with Crippen molar-refractivity contribution in [2.45, 2.75) is 26.4 Å². The molecule has 0 atom stereocenters. The van der Waals surface area contributed by atoms with Crippen LogP contribution in [0.3, 0.4) is 0 Å². The molecule has 0 bridgehead atoms. The van der Waals surface area contributed by atoms with Crippen LogP contribution >= 0.6 is 23.2 Å². The maximum atomic E-state index is 11.8. The third-order valence-corrected chi connectivity index (χ3v) is 2.56. The zero-order valence-corrected chi connectivity index (χ0v) is 12.3. The van der Waals surface area contributed by atoms with E-state index in [0.29, 0.717) is 15.6 Å². The van der Waals surface area contributed by atoms with Gasteiger partial charge in [0.1, 0.15) is 17.2 Å². The average molecular weight is 298 g/mol. The molecule has 0 aromatic heterocycles. The van der Waals surface area contributed by atoms with Gasteiger partial charge in [0.25, 0.3) is 0 Å². The number of ether oxygens (including phenoxy) is 1. The molecule has 0 spiro atoms. The fourth-order valence-electron chi connectivity index (χ4n) is 1.24. The number of hydrogen-bond donors (Lipinski definition) is 0. The first-order chi connectivity index (χ1) is 8.73. The second-order valence-electron chi connectivity index (χ2n) is 4.84. The van der Waals surface area contributed by atoms with Crippen molar-refractivity contribution in [3.8, 4) is 6.07 Å². The molecule has 0 fully saturated rings. The van der Waals surface area contributed by atoms with Crippen molar-refractivity contribution in [3.05, 3.63) is 39.4 Å². The molecule has 5 heteroatoms. The van der Waals surface area contributed by atoms with Crippen LogP contribution in [0.25, 0.3) is 6.08 Å². The van der Waals surface area contributed by atoms with E-state index in [4.69, 9.17) is 33.2 Å². The van der Waals surface area contributed by atoms with Gasteiger partial charge < -0.3 is 4.74 Å². The molecule has 0 aliphatic rings. The van der Waals surface area contributed by atoms with Gasteiger partial charge in [-0.25, -0.2) is 4.79 Å². The van der Waals surface area contributed by atoms with Crippen LogP contribution in [0.4, 0.5) is 0 Å². The van der Waals surface area contributed by atoms with Crippen LogP contribution in [0.2, 0.25) is 10.0 Å². The Morgan fingerprint density at radius 3 is 2.47 bits per heavy atom. The minimum absolute atomic E-state index is 0.112. The molecule has 19 heavy (non-hydrogen) atoms. The maximum absolute atomic E-state index is 11.8. The molecule has 0 saturated heterocycles. The van der Waals surface area contributed by atoms with E-state index in [1.807, 2.05) is 6.07 Å². The molecule has 3 nitrogen and oxygen atoms in total. The highest BCUT2D eigenvalue weighted by molar-refractivity contribution is 6.35. The van der Waals surface area contributed by atoms with Crippen molar-refractivity contribution in [2.24, 2.45) is 0 Å². The van der Waals surface area contributed by atoms with Gasteiger partial charge in [0.05, 0.1) is 0 Å². The predicted molar refractivity (Wildman–Crippen MR) is 75.9 cm³/mol. The first kappa shape index (κ1) is 15.6. The fraction of sp³-hybridized carbons (Fsp3) is 0.286. The number of benzene rings is 1. The number of nitrogens with zero attached hydrogens (tertiary/aromatic N) is 1. The zero-order chi connectivity index (χ0) is 14.6. The summed E-state index contributed by atoms with van der Waals surface area (Å²) in [6.45, 7) is 5.19. The fourth-order valence-corrected chi connectivity index (χ4v) is 1.71. The van der Waals surface area contributed by atoms with Crippen molar-refractivity contribution in [1.29, 1.82) is 5.26 Å². The summed E-state index contributed by atoms with van der Waals surface area (Å²) in [6.07, 6.45) is 1.38. The Hall–Kier alpha value is -1.50. The molecule has 0 heterocycles. The van der Waals surface area contributed by atoms with E-state index in [2.05, 4.69) is 0 Å². The van der Waals surface area contributed by atoms with Gasteiger partial charge in [-0.3, -0.25) is 0 Å². The quantitative estimate of drug-likeness (QED) is 0.466. The first-order valence-electron chi connectivity index (χ1n) is 5.53. The van der Waals surface area contributed by atoms with Crippen molar-refractivity contribution < 1.29 is 9.53 Å². The smallest absolute Gasteiger partial charge is 0.349 e. The van der Waals surface area contributed by atoms with Gasteiger partial charge in [0.15, 0.2) is 0 Å². The normalized spacial score (nSPS) is 11.9. The lowest BCUT2D eigenvalue weighted by Crippen LogP contribution is -2.24. The lowest BCUT2D eigenvalue weighted by atomic mass is 10.1. The molecule has 0 saturated carbocycles. The van der Waals surface area contributed by atoms with Crippen LogP contribution in [0.5, 0.6) is 0 Å². The molecule has 1 aromatic rings. The molecule has 0 radical (unpaired) electrons. The summed E-state index contributed by atoms with van der Waals surface area (Å²) in [7, 11) is 0. The summed E-state index contributed by atoms with van der Waals surface area (Å²) in [5.41, 5.74) is -0.232. The summed E-state index contributed by atoms with van der Waals surface area (Å²) >= 11 is 11.8. The monoisotopic (exact) mass is 297 g/mol. The Morgan fingerprint density at radius 1 is 1.37 bits per heavy atom. The number of hydrogen-bond acceptors (Lipinski definition) is 3. The van der Waals surface area contributed by atoms with Gasteiger partial charge in [-0.2, -0.15) is 5.26 Å². The van der Waals surface area contributed by atoms with E-state index >= 15 is 0 Å². The Labute approximate surface area is 122 Å². The number of carbonyl (C=O) groups is 1. The van der Waals surface area contributed by atoms with E-state index in [0.717, 1.165) is 0 Å². The number of nitriles is 1. The molecular weight excluding hydrogens is 285 g/mol. The van der Waals surface area contributed by atoms with Crippen LogP contribution in [-0.2, 0) is 9.53 Å². The highest BCUT2D eigenvalue weighted by Crippen LogP contribution is 2.23. The van der Waals surface area contributed by atoms with Crippen molar-refractivity contribution in [2.75, 3.05) is 0 Å². The second kappa shape index (κ2) is 6.10. The minimum atomic E-state index is -0.680. The Balaban J connectivity index is 3.07. The van der Waals surface area contributed by atoms with Gasteiger partial charge in [-0.15, -0.1) is 0 Å². The average Bonchev–Trinajstić information content (AvgIpc) is 2.25. The van der Waals surface area contributed by atoms with Gasteiger partial charge in [-0.05, 0) is 44.5 Å². The molecule has 1 aromatic carbocycles. The van der Waals surface area contributed by atoms with Gasteiger partial charge in [-0.1, -0.05) is 29.3 Å². The molecule has 0 aliphatic carbocycles. The highest BCUT2D eigenvalue weighted by atomic mass is 35.5. The van der Waals surface area contributed by atoms with Crippen LogP contribution in [-0.4, -0.2) is 11.6 Å². The van der Waals surface area contributed by atoms with E-state index in [-0.39, 0.29) is 5.57 Å². The summed E-state index contributed by atoms with van der Waals surface area (Å²) in [6, 6.07) is 6.61. The van der Waals surface area contributed by atoms with Crippen molar-refractivity contribution in [1.82, 2.24) is 0 Å². The first-order valence-corrected chi connectivity index (χ1v) is 6.29. The van der Waals surface area contributed by atoms with Crippen molar-refractivity contribution in [3.63, 3.8) is 0 Å². The molecule has 1 rings (SSSR count). The molecule has 0 amide bonds. The van der Waals surface area contributed by atoms with Gasteiger partial charge in [0.2, 0.25) is 0 Å². The highest BCUT2D eigenvalue weighted by Gasteiger charge is 2.20. The number of halogens is 2. The molecular formula is C14H13Cl2NO2. The third kappa shape index (κ3) is 4.94. The SMILES string of the molecule is CC(C)(C)OC(=O)/C(C#N)=C/c1ccc(Cl)cc1Cl. The number of carbonyl (C=O) groups excluding carboxylic acids is 1. The van der Waals surface area contributed by atoms with Gasteiger partial charge >= 0.3 is 5.97 Å². The lowest BCUT2D eigenvalue weighted by Gasteiger charge is -2.18. The summed E-state index contributed by atoms with van der Waals surface area (Å²) in [5.74, 6) is -0.680. The molecule has 0 unspecified atom stereocenters. The van der Waals surface area contributed by atoms with E-state index < -0.39 is 11.6 Å². The number of esters is 1. The van der Waals surface area contributed by atoms with Crippen LogP contribution in [0.15, 0.2) is 23.8 Å².